The molecule has 1 amide bonds. The molecule has 0 spiro atoms. The first-order chi connectivity index (χ1) is 18.0. The van der Waals surface area contributed by atoms with Crippen molar-refractivity contribution in [1.82, 2.24) is 10.6 Å². The fraction of sp³-hybridized carbons (Fsp3) is 0.188. The fourth-order valence-electron chi connectivity index (χ4n) is 4.69. The van der Waals surface area contributed by atoms with E-state index in [1.165, 1.54) is 7.11 Å². The molecular weight excluding hydrogens is 460 g/mol. The summed E-state index contributed by atoms with van der Waals surface area (Å²) in [7, 11) is 1.33. The molecule has 4 aromatic carbocycles. The van der Waals surface area contributed by atoms with Gasteiger partial charge in [-0.2, -0.15) is 0 Å². The van der Waals surface area contributed by atoms with E-state index in [0.29, 0.717) is 6.42 Å². The van der Waals surface area contributed by atoms with Crippen molar-refractivity contribution < 1.29 is 14.3 Å². The minimum absolute atomic E-state index is 0.293. The van der Waals surface area contributed by atoms with E-state index in [-0.39, 0.29) is 5.91 Å². The van der Waals surface area contributed by atoms with E-state index in [1.54, 1.807) is 0 Å². The maximum Gasteiger partial charge on any atom is 0.328 e. The average molecular weight is 493 g/mol. The molecule has 5 heteroatoms. The number of hydrogen-bond donors (Lipinski definition) is 2. The van der Waals surface area contributed by atoms with Gasteiger partial charge in [0.1, 0.15) is 6.04 Å². The molecule has 0 saturated heterocycles. The quantitative estimate of drug-likeness (QED) is 0.245. The fourth-order valence-corrected chi connectivity index (χ4v) is 4.69. The minimum Gasteiger partial charge on any atom is -0.467 e. The monoisotopic (exact) mass is 492 g/mol. The molecule has 0 aromatic heterocycles. The van der Waals surface area contributed by atoms with Crippen LogP contribution in [0.25, 0.3) is 0 Å². The largest absolute Gasteiger partial charge is 0.467 e. The Balaban J connectivity index is 1.69. The van der Waals surface area contributed by atoms with Gasteiger partial charge in [-0.3, -0.25) is 10.1 Å². The maximum atomic E-state index is 13.6. The van der Waals surface area contributed by atoms with Crippen molar-refractivity contribution in [1.29, 1.82) is 0 Å². The summed E-state index contributed by atoms with van der Waals surface area (Å²) in [5.74, 6) is -0.775. The lowest BCUT2D eigenvalue weighted by atomic mass is 9.76. The van der Waals surface area contributed by atoms with Gasteiger partial charge in [-0.15, -0.1) is 0 Å². The molecule has 0 saturated carbocycles. The number of carbonyl (C=O) groups excluding carboxylic acids is 2. The zero-order valence-electron chi connectivity index (χ0n) is 21.1. The average Bonchev–Trinajstić information content (AvgIpc) is 2.97. The van der Waals surface area contributed by atoms with Crippen molar-refractivity contribution in [2.45, 2.75) is 31.0 Å². The Hall–Kier alpha value is -4.22. The molecule has 188 valence electrons. The van der Waals surface area contributed by atoms with Crippen LogP contribution in [-0.4, -0.2) is 31.1 Å². The van der Waals surface area contributed by atoms with E-state index in [0.717, 1.165) is 22.3 Å². The summed E-state index contributed by atoms with van der Waals surface area (Å²) in [5.41, 5.74) is 3.13. The van der Waals surface area contributed by atoms with Crippen LogP contribution in [-0.2, 0) is 26.3 Å². The lowest BCUT2D eigenvalue weighted by Gasteiger charge is -2.39. The number of nitrogens with one attached hydrogen (secondary N) is 2. The first-order valence-corrected chi connectivity index (χ1v) is 12.4. The van der Waals surface area contributed by atoms with Gasteiger partial charge in [0.2, 0.25) is 5.91 Å². The van der Waals surface area contributed by atoms with Gasteiger partial charge < -0.3 is 10.1 Å². The van der Waals surface area contributed by atoms with Gasteiger partial charge in [0.15, 0.2) is 0 Å². The van der Waals surface area contributed by atoms with Crippen molar-refractivity contribution in [3.05, 3.63) is 144 Å². The van der Waals surface area contributed by atoms with E-state index in [9.17, 15) is 9.59 Å². The predicted octanol–water partition coefficient (Wildman–Crippen LogP) is 4.86. The van der Waals surface area contributed by atoms with E-state index in [1.807, 2.05) is 91.9 Å². The van der Waals surface area contributed by atoms with Crippen molar-refractivity contribution in [3.63, 3.8) is 0 Å². The van der Waals surface area contributed by atoms with E-state index in [4.69, 9.17) is 4.74 Å². The summed E-state index contributed by atoms with van der Waals surface area (Å²) in [4.78, 5) is 26.1. The summed E-state index contributed by atoms with van der Waals surface area (Å²) in [6, 6.07) is 38.4. The number of esters is 1. The van der Waals surface area contributed by atoms with Gasteiger partial charge in [-0.1, -0.05) is 121 Å². The van der Waals surface area contributed by atoms with Gasteiger partial charge in [0, 0.05) is 6.42 Å². The van der Waals surface area contributed by atoms with Gasteiger partial charge in [-0.25, -0.2) is 4.79 Å². The Labute approximate surface area is 218 Å². The molecule has 2 N–H and O–H groups in total. The zero-order valence-corrected chi connectivity index (χ0v) is 21.1. The van der Waals surface area contributed by atoms with Crippen LogP contribution in [0.4, 0.5) is 0 Å². The number of methoxy groups -OCH3 is 1. The molecule has 0 fully saturated rings. The van der Waals surface area contributed by atoms with Gasteiger partial charge >= 0.3 is 5.97 Å². The van der Waals surface area contributed by atoms with Crippen LogP contribution in [0.2, 0.25) is 0 Å². The highest BCUT2D eigenvalue weighted by Gasteiger charge is 2.39. The van der Waals surface area contributed by atoms with E-state index >= 15 is 0 Å². The van der Waals surface area contributed by atoms with E-state index in [2.05, 4.69) is 47.0 Å². The second-order valence-corrected chi connectivity index (χ2v) is 8.99. The van der Waals surface area contributed by atoms with Crippen molar-refractivity contribution >= 4 is 11.9 Å². The van der Waals surface area contributed by atoms with Gasteiger partial charge in [0.05, 0.1) is 18.7 Å². The highest BCUT2D eigenvalue weighted by Crippen LogP contribution is 2.37. The molecule has 0 aliphatic heterocycles. The normalized spacial score (nSPS) is 12.8. The summed E-state index contributed by atoms with van der Waals surface area (Å²) in [6.45, 7) is 1.82. The number of hydrogen-bond acceptors (Lipinski definition) is 4. The Morgan fingerprint density at radius 1 is 0.703 bits per heavy atom. The molecule has 0 unspecified atom stereocenters. The molecule has 0 aliphatic carbocycles. The molecule has 37 heavy (non-hydrogen) atoms. The van der Waals surface area contributed by atoms with Crippen LogP contribution in [0.15, 0.2) is 121 Å². The highest BCUT2D eigenvalue weighted by molar-refractivity contribution is 5.87. The lowest BCUT2D eigenvalue weighted by Crippen LogP contribution is -2.56. The van der Waals surface area contributed by atoms with Crippen LogP contribution in [0.5, 0.6) is 0 Å². The van der Waals surface area contributed by atoms with Crippen molar-refractivity contribution in [2.75, 3.05) is 7.11 Å². The maximum absolute atomic E-state index is 13.6. The third kappa shape index (κ3) is 5.96. The molecule has 5 nitrogen and oxygen atoms in total. The third-order valence-electron chi connectivity index (χ3n) is 6.53. The molecule has 2 atom stereocenters. The van der Waals surface area contributed by atoms with Gasteiger partial charge in [-0.05, 0) is 29.2 Å². The van der Waals surface area contributed by atoms with Crippen LogP contribution in [0.1, 0.15) is 29.2 Å². The summed E-state index contributed by atoms with van der Waals surface area (Å²) >= 11 is 0. The molecular formula is C32H32N2O3. The van der Waals surface area contributed by atoms with Crippen molar-refractivity contribution in [2.24, 2.45) is 0 Å². The van der Waals surface area contributed by atoms with Crippen molar-refractivity contribution in [3.8, 4) is 0 Å². The van der Waals surface area contributed by atoms with E-state index < -0.39 is 23.6 Å². The molecule has 0 bridgehead atoms. The standard InChI is InChI=1S/C32H32N2O3/c1-24(30(35)33-29(31(36)37-2)23-25-15-7-3-8-16-25)34-32(26-17-9-4-10-18-26,27-19-11-5-12-20-27)28-21-13-6-14-22-28/h3-22,24,29,34H,23H2,1-2H3,(H,33,35)/t24-,29+/m1/s1. The number of rotatable bonds is 10. The summed E-state index contributed by atoms with van der Waals surface area (Å²) < 4.78 is 5.00. The number of amides is 1. The molecule has 0 radical (unpaired) electrons. The molecule has 0 aliphatic rings. The highest BCUT2D eigenvalue weighted by atomic mass is 16.5. The Morgan fingerprint density at radius 2 is 1.11 bits per heavy atom. The van der Waals surface area contributed by atoms with Crippen LogP contribution in [0, 0.1) is 0 Å². The second kappa shape index (κ2) is 12.2. The minimum atomic E-state index is -0.805. The predicted molar refractivity (Wildman–Crippen MR) is 146 cm³/mol. The Morgan fingerprint density at radius 3 is 1.51 bits per heavy atom. The number of carbonyl (C=O) groups is 2. The molecule has 4 rings (SSSR count). The number of ether oxygens (including phenoxy) is 1. The zero-order chi connectivity index (χ0) is 26.1. The van der Waals surface area contributed by atoms with Gasteiger partial charge in [0.25, 0.3) is 0 Å². The smallest absolute Gasteiger partial charge is 0.328 e. The first-order valence-electron chi connectivity index (χ1n) is 12.4. The Bertz CT molecular complexity index is 1180. The molecule has 4 aromatic rings. The SMILES string of the molecule is COC(=O)[C@H](Cc1ccccc1)NC(=O)[C@@H](C)NC(c1ccccc1)(c1ccccc1)c1ccccc1. The second-order valence-electron chi connectivity index (χ2n) is 8.99. The summed E-state index contributed by atoms with van der Waals surface area (Å²) in [6.07, 6.45) is 0.340. The first kappa shape index (κ1) is 25.9. The number of benzene rings is 4. The third-order valence-corrected chi connectivity index (χ3v) is 6.53. The summed E-state index contributed by atoms with van der Waals surface area (Å²) in [5, 5.41) is 6.56. The lowest BCUT2D eigenvalue weighted by molar-refractivity contribution is -0.145. The van der Waals surface area contributed by atoms with Crippen LogP contribution >= 0.6 is 0 Å². The molecule has 0 heterocycles. The van der Waals surface area contributed by atoms with Crippen LogP contribution < -0.4 is 10.6 Å². The Kier molecular flexibility index (Phi) is 8.49. The topological polar surface area (TPSA) is 67.4 Å². The van der Waals surface area contributed by atoms with Crippen LogP contribution in [0.3, 0.4) is 0 Å².